The molecule has 3 aromatic rings. The summed E-state index contributed by atoms with van der Waals surface area (Å²) in [6.45, 7) is 11.1. The van der Waals surface area contributed by atoms with E-state index in [9.17, 15) is 9.90 Å². The topological polar surface area (TPSA) is 85.3 Å². The lowest BCUT2D eigenvalue weighted by molar-refractivity contribution is -0.126. The molecule has 0 unspecified atom stereocenters. The number of piperazine rings is 1. The highest BCUT2D eigenvalue weighted by Crippen LogP contribution is 2.36. The van der Waals surface area contributed by atoms with Crippen molar-refractivity contribution in [1.29, 1.82) is 0 Å². The highest BCUT2D eigenvalue weighted by Gasteiger charge is 2.29. The molecule has 1 aromatic heterocycles. The summed E-state index contributed by atoms with van der Waals surface area (Å²) in [5, 5.41) is 12.4. The fraction of sp³-hybridized carbons (Fsp3) is 0.452. The fourth-order valence-electron chi connectivity index (χ4n) is 5.23. The molecule has 3 heterocycles. The molecule has 40 heavy (non-hydrogen) atoms. The Hall–Kier alpha value is -3.85. The van der Waals surface area contributed by atoms with Gasteiger partial charge in [0.15, 0.2) is 0 Å². The van der Waals surface area contributed by atoms with Gasteiger partial charge >= 0.3 is 6.01 Å². The molecule has 214 valence electrons. The number of aromatic hydroxyl groups is 1. The lowest BCUT2D eigenvalue weighted by Gasteiger charge is -2.38. The van der Waals surface area contributed by atoms with E-state index in [4.69, 9.17) is 9.72 Å². The lowest BCUT2D eigenvalue weighted by atomic mass is 10.0. The van der Waals surface area contributed by atoms with Gasteiger partial charge < -0.3 is 29.4 Å². The van der Waals surface area contributed by atoms with Crippen LogP contribution in [0.4, 0.5) is 11.5 Å². The van der Waals surface area contributed by atoms with E-state index in [-0.39, 0.29) is 11.7 Å². The summed E-state index contributed by atoms with van der Waals surface area (Å²) in [4.78, 5) is 29.8. The summed E-state index contributed by atoms with van der Waals surface area (Å²) in [5.41, 5.74) is 3.05. The van der Waals surface area contributed by atoms with Gasteiger partial charge in [-0.2, -0.15) is 9.97 Å². The van der Waals surface area contributed by atoms with Crippen LogP contribution in [-0.2, 0) is 17.8 Å². The largest absolute Gasteiger partial charge is 0.508 e. The maximum atomic E-state index is 12.0. The number of anilines is 2. The average molecular weight is 547 g/mol. The number of carbonyl (C=O) groups is 1. The minimum atomic E-state index is -0.0362. The molecule has 0 spiro atoms. The van der Waals surface area contributed by atoms with Gasteiger partial charge in [-0.25, -0.2) is 0 Å². The Balaban J connectivity index is 0.000000470. The third-order valence-corrected chi connectivity index (χ3v) is 7.40. The van der Waals surface area contributed by atoms with Gasteiger partial charge in [0.1, 0.15) is 11.6 Å². The van der Waals surface area contributed by atoms with Crippen molar-refractivity contribution in [1.82, 2.24) is 19.8 Å². The summed E-state index contributed by atoms with van der Waals surface area (Å²) in [6.07, 6.45) is 4.78. The van der Waals surface area contributed by atoms with Gasteiger partial charge in [0.05, 0.1) is 19.3 Å². The number of fused-ring (bicyclic) bond motifs is 2. The number of amides is 1. The quantitative estimate of drug-likeness (QED) is 0.444. The first kappa shape index (κ1) is 29.1. The molecule has 5 rings (SSSR count). The monoisotopic (exact) mass is 546 g/mol. The van der Waals surface area contributed by atoms with Crippen molar-refractivity contribution < 1.29 is 14.6 Å². The number of methoxy groups -OCH3 is 1. The zero-order valence-electron chi connectivity index (χ0n) is 24.3. The van der Waals surface area contributed by atoms with Crippen molar-refractivity contribution in [2.45, 2.75) is 32.7 Å². The third kappa shape index (κ3) is 6.83. The minimum absolute atomic E-state index is 0.0362. The summed E-state index contributed by atoms with van der Waals surface area (Å²) < 4.78 is 5.43. The molecular weight excluding hydrogens is 504 g/mol. The van der Waals surface area contributed by atoms with Crippen LogP contribution in [0.3, 0.4) is 0 Å². The van der Waals surface area contributed by atoms with Crippen molar-refractivity contribution >= 4 is 28.2 Å². The van der Waals surface area contributed by atoms with E-state index in [1.807, 2.05) is 29.2 Å². The molecule has 0 aliphatic carbocycles. The average Bonchev–Trinajstić information content (AvgIpc) is 2.98. The summed E-state index contributed by atoms with van der Waals surface area (Å²) in [7, 11) is 5.79. The normalized spacial score (nSPS) is 15.0. The highest BCUT2D eigenvalue weighted by molar-refractivity contribution is 5.95. The van der Waals surface area contributed by atoms with Crippen LogP contribution < -0.4 is 14.5 Å². The van der Waals surface area contributed by atoms with Gasteiger partial charge in [-0.15, -0.1) is 0 Å². The van der Waals surface area contributed by atoms with Crippen LogP contribution in [0.15, 0.2) is 49.1 Å². The summed E-state index contributed by atoms with van der Waals surface area (Å²) in [6, 6.07) is 12.0. The number of hydrogen-bond acceptors (Lipinski definition) is 8. The van der Waals surface area contributed by atoms with Crippen LogP contribution in [0.25, 0.3) is 10.8 Å². The Morgan fingerprint density at radius 1 is 1.10 bits per heavy atom. The lowest BCUT2D eigenvalue weighted by Crippen LogP contribution is -2.49. The van der Waals surface area contributed by atoms with Gasteiger partial charge in [0.2, 0.25) is 5.91 Å². The molecule has 1 N–H and O–H groups in total. The van der Waals surface area contributed by atoms with Gasteiger partial charge in [-0.1, -0.05) is 44.2 Å². The molecule has 9 heteroatoms. The number of phenols is 1. The molecule has 2 aromatic carbocycles. The molecular formula is C31H42N6O3. The van der Waals surface area contributed by atoms with Gasteiger partial charge in [-0.3, -0.25) is 4.79 Å². The number of unbranched alkanes of at least 4 members (excludes halogenated alkanes) is 1. The molecule has 1 amide bonds. The highest BCUT2D eigenvalue weighted by atomic mass is 16.5. The third-order valence-electron chi connectivity index (χ3n) is 7.40. The predicted molar refractivity (Wildman–Crippen MR) is 161 cm³/mol. The summed E-state index contributed by atoms with van der Waals surface area (Å²) >= 11 is 0. The van der Waals surface area contributed by atoms with E-state index < -0.39 is 0 Å². The standard InChI is InChI=1S/C25H27N5O3.C6H15N/c1-3-23(32)28-10-12-29(13-11-28)24-20-8-9-30(16-21(20)26-25(27-24)33-2)22-15-18(31)14-17-6-4-5-7-19(17)22;1-4-5-6-7(2)3/h3-7,14-15,31H,1,8-13,16H2,2H3;4-6H2,1-3H3. The Morgan fingerprint density at radius 2 is 1.85 bits per heavy atom. The first-order valence-electron chi connectivity index (χ1n) is 14.1. The van der Waals surface area contributed by atoms with Crippen LogP contribution in [0.2, 0.25) is 0 Å². The second kappa shape index (κ2) is 13.5. The molecule has 9 nitrogen and oxygen atoms in total. The van der Waals surface area contributed by atoms with Crippen molar-refractivity contribution in [2.24, 2.45) is 0 Å². The zero-order chi connectivity index (χ0) is 28.6. The molecule has 0 saturated carbocycles. The van der Waals surface area contributed by atoms with Crippen molar-refractivity contribution in [2.75, 3.05) is 70.3 Å². The first-order valence-corrected chi connectivity index (χ1v) is 14.1. The maximum Gasteiger partial charge on any atom is 0.318 e. The second-order valence-electron chi connectivity index (χ2n) is 10.5. The number of rotatable bonds is 7. The van der Waals surface area contributed by atoms with Gasteiger partial charge in [-0.05, 0) is 51.0 Å². The van der Waals surface area contributed by atoms with Crippen LogP contribution in [-0.4, -0.2) is 91.3 Å². The van der Waals surface area contributed by atoms with Crippen LogP contribution in [0.1, 0.15) is 31.0 Å². The van der Waals surface area contributed by atoms with E-state index in [2.05, 4.69) is 53.3 Å². The number of ether oxygens (including phenoxy) is 1. The fourth-order valence-corrected chi connectivity index (χ4v) is 5.23. The molecule has 2 aliphatic rings. The molecule has 2 aliphatic heterocycles. The molecule has 0 radical (unpaired) electrons. The number of aromatic nitrogens is 2. The van der Waals surface area contributed by atoms with Crippen molar-refractivity contribution in [3.63, 3.8) is 0 Å². The minimum Gasteiger partial charge on any atom is -0.508 e. The molecule has 1 fully saturated rings. The number of nitrogens with zero attached hydrogens (tertiary/aromatic N) is 6. The number of benzene rings is 2. The van der Waals surface area contributed by atoms with E-state index in [0.717, 1.165) is 46.5 Å². The Kier molecular flexibility index (Phi) is 9.82. The van der Waals surface area contributed by atoms with Crippen LogP contribution in [0, 0.1) is 0 Å². The predicted octanol–water partition coefficient (Wildman–Crippen LogP) is 4.09. The summed E-state index contributed by atoms with van der Waals surface area (Å²) in [5.74, 6) is 1.11. The van der Waals surface area contributed by atoms with Gasteiger partial charge in [0.25, 0.3) is 0 Å². The number of phenolic OH excluding ortho intramolecular Hbond substituents is 1. The molecule has 0 atom stereocenters. The second-order valence-corrected chi connectivity index (χ2v) is 10.5. The zero-order valence-corrected chi connectivity index (χ0v) is 24.3. The number of carbonyl (C=O) groups excluding carboxylic acids is 1. The van der Waals surface area contributed by atoms with E-state index in [0.29, 0.717) is 38.7 Å². The SMILES string of the molecule is C=CC(=O)N1CCN(c2nc(OC)nc3c2CCN(c2cc(O)cc4ccccc24)C3)CC1.CCCCN(C)C. The van der Waals surface area contributed by atoms with E-state index in [1.165, 1.54) is 25.5 Å². The first-order chi connectivity index (χ1) is 19.3. The Bertz CT molecular complexity index is 1320. The van der Waals surface area contributed by atoms with E-state index >= 15 is 0 Å². The van der Waals surface area contributed by atoms with Gasteiger partial charge in [0, 0.05) is 55.4 Å². The smallest absolute Gasteiger partial charge is 0.318 e. The maximum absolute atomic E-state index is 12.0. The number of hydrogen-bond donors (Lipinski definition) is 1. The van der Waals surface area contributed by atoms with Crippen LogP contribution in [0.5, 0.6) is 11.8 Å². The van der Waals surface area contributed by atoms with E-state index in [1.54, 1.807) is 13.2 Å². The Morgan fingerprint density at radius 3 is 2.50 bits per heavy atom. The van der Waals surface area contributed by atoms with Crippen molar-refractivity contribution in [3.8, 4) is 11.8 Å². The molecule has 1 saturated heterocycles. The van der Waals surface area contributed by atoms with Crippen LogP contribution >= 0.6 is 0 Å². The Labute approximate surface area is 237 Å². The molecule has 0 bridgehead atoms. The van der Waals surface area contributed by atoms with Crippen molar-refractivity contribution in [3.05, 3.63) is 60.3 Å².